The lowest BCUT2D eigenvalue weighted by Crippen LogP contribution is -2.20. The highest BCUT2D eigenvalue weighted by atomic mass is 32.2. The van der Waals surface area contributed by atoms with Crippen molar-refractivity contribution in [3.05, 3.63) is 23.5 Å². The molecular formula is C13H19FN2S. The summed E-state index contributed by atoms with van der Waals surface area (Å²) < 4.78 is 13.2. The number of nitrogen functional groups attached to an aromatic ring is 1. The minimum Gasteiger partial charge on any atom is -0.397 e. The van der Waals surface area contributed by atoms with Gasteiger partial charge in [0.25, 0.3) is 0 Å². The number of hydrogen-bond acceptors (Lipinski definition) is 3. The van der Waals surface area contributed by atoms with Gasteiger partial charge >= 0.3 is 0 Å². The van der Waals surface area contributed by atoms with E-state index in [0.29, 0.717) is 16.5 Å². The summed E-state index contributed by atoms with van der Waals surface area (Å²) in [6.45, 7) is 2.68. The Balaban J connectivity index is 1.96. The molecule has 1 aromatic carbocycles. The van der Waals surface area contributed by atoms with Gasteiger partial charge in [0.1, 0.15) is 5.82 Å². The van der Waals surface area contributed by atoms with Crippen LogP contribution in [0.5, 0.6) is 0 Å². The second-order valence-corrected chi connectivity index (χ2v) is 5.97. The standard InChI is InChI=1S/C13H19FN2S/c1-9-6-13(12(15)7-11(9)14)16-8-10-4-2-3-5-17-10/h6-7,10,16H,2-5,8,15H2,1H3. The maximum absolute atomic E-state index is 13.2. The first-order chi connectivity index (χ1) is 8.16. The highest BCUT2D eigenvalue weighted by Crippen LogP contribution is 2.27. The van der Waals surface area contributed by atoms with E-state index in [2.05, 4.69) is 5.32 Å². The van der Waals surface area contributed by atoms with Crippen molar-refractivity contribution in [2.24, 2.45) is 0 Å². The van der Waals surface area contributed by atoms with E-state index in [-0.39, 0.29) is 5.82 Å². The predicted octanol–water partition coefficient (Wildman–Crippen LogP) is 3.41. The molecule has 2 rings (SSSR count). The van der Waals surface area contributed by atoms with Crippen LogP contribution in [-0.4, -0.2) is 17.5 Å². The first kappa shape index (κ1) is 12.6. The van der Waals surface area contributed by atoms with Crippen LogP contribution >= 0.6 is 11.8 Å². The topological polar surface area (TPSA) is 38.0 Å². The van der Waals surface area contributed by atoms with E-state index >= 15 is 0 Å². The van der Waals surface area contributed by atoms with E-state index in [1.165, 1.54) is 31.1 Å². The Morgan fingerprint density at radius 2 is 2.29 bits per heavy atom. The highest BCUT2D eigenvalue weighted by Gasteiger charge is 2.14. The molecule has 2 nitrogen and oxygen atoms in total. The number of rotatable bonds is 3. The van der Waals surface area contributed by atoms with Crippen molar-refractivity contribution in [2.75, 3.05) is 23.3 Å². The zero-order chi connectivity index (χ0) is 12.3. The zero-order valence-corrected chi connectivity index (χ0v) is 10.9. The third-order valence-electron chi connectivity index (χ3n) is 3.12. The first-order valence-corrected chi connectivity index (χ1v) is 7.13. The fraction of sp³-hybridized carbons (Fsp3) is 0.538. The molecule has 1 atom stereocenters. The van der Waals surface area contributed by atoms with E-state index in [4.69, 9.17) is 5.73 Å². The van der Waals surface area contributed by atoms with Crippen molar-refractivity contribution in [2.45, 2.75) is 31.4 Å². The Bertz CT molecular complexity index is 389. The van der Waals surface area contributed by atoms with Crippen molar-refractivity contribution in [1.82, 2.24) is 0 Å². The number of benzene rings is 1. The van der Waals surface area contributed by atoms with Crippen LogP contribution in [0.3, 0.4) is 0 Å². The first-order valence-electron chi connectivity index (χ1n) is 6.08. The average molecular weight is 254 g/mol. The van der Waals surface area contributed by atoms with Gasteiger partial charge in [0.05, 0.1) is 11.4 Å². The van der Waals surface area contributed by atoms with Crippen LogP contribution in [0.25, 0.3) is 0 Å². The maximum atomic E-state index is 13.2. The van der Waals surface area contributed by atoms with Crippen LogP contribution in [-0.2, 0) is 0 Å². The molecule has 0 aliphatic carbocycles. The molecular weight excluding hydrogens is 235 g/mol. The van der Waals surface area contributed by atoms with E-state index < -0.39 is 0 Å². The molecule has 0 aromatic heterocycles. The lowest BCUT2D eigenvalue weighted by Gasteiger charge is -2.22. The monoisotopic (exact) mass is 254 g/mol. The molecule has 94 valence electrons. The number of thioether (sulfide) groups is 1. The Labute approximate surface area is 106 Å². The number of halogens is 1. The van der Waals surface area contributed by atoms with Gasteiger partial charge in [-0.15, -0.1) is 0 Å². The Morgan fingerprint density at radius 3 is 3.00 bits per heavy atom. The normalized spacial score (nSPS) is 20.2. The number of hydrogen-bond donors (Lipinski definition) is 2. The number of nitrogens with one attached hydrogen (secondary N) is 1. The van der Waals surface area contributed by atoms with Crippen molar-refractivity contribution in [1.29, 1.82) is 0 Å². The SMILES string of the molecule is Cc1cc(NCC2CCCCS2)c(N)cc1F. The van der Waals surface area contributed by atoms with Crippen LogP contribution in [0.1, 0.15) is 24.8 Å². The van der Waals surface area contributed by atoms with Gasteiger partial charge in [-0.05, 0) is 43.2 Å². The van der Waals surface area contributed by atoms with Gasteiger partial charge < -0.3 is 11.1 Å². The van der Waals surface area contributed by atoms with E-state index in [0.717, 1.165) is 12.2 Å². The summed E-state index contributed by atoms with van der Waals surface area (Å²) in [4.78, 5) is 0. The summed E-state index contributed by atoms with van der Waals surface area (Å²) in [5.74, 6) is 1.02. The Morgan fingerprint density at radius 1 is 1.47 bits per heavy atom. The van der Waals surface area contributed by atoms with Gasteiger partial charge in [-0.1, -0.05) is 6.42 Å². The number of aryl methyl sites for hydroxylation is 1. The van der Waals surface area contributed by atoms with Gasteiger partial charge in [-0.2, -0.15) is 11.8 Å². The van der Waals surface area contributed by atoms with Crippen LogP contribution in [0.15, 0.2) is 12.1 Å². The van der Waals surface area contributed by atoms with Crippen molar-refractivity contribution >= 4 is 23.1 Å². The molecule has 0 amide bonds. The van der Waals surface area contributed by atoms with E-state index in [1.807, 2.05) is 11.8 Å². The maximum Gasteiger partial charge on any atom is 0.128 e. The number of anilines is 2. The fourth-order valence-electron chi connectivity index (χ4n) is 2.04. The number of nitrogens with two attached hydrogens (primary N) is 1. The molecule has 4 heteroatoms. The quantitative estimate of drug-likeness (QED) is 0.812. The molecule has 1 aliphatic rings. The Hall–Kier alpha value is -0.900. The third kappa shape index (κ3) is 3.28. The Kier molecular flexibility index (Phi) is 4.15. The molecule has 0 saturated carbocycles. The minimum absolute atomic E-state index is 0.236. The fourth-order valence-corrected chi connectivity index (χ4v) is 3.28. The molecule has 1 heterocycles. The van der Waals surface area contributed by atoms with Crippen molar-refractivity contribution in [3.8, 4) is 0 Å². The van der Waals surface area contributed by atoms with E-state index in [1.54, 1.807) is 13.0 Å². The smallest absolute Gasteiger partial charge is 0.128 e. The molecule has 3 N–H and O–H groups in total. The van der Waals surface area contributed by atoms with Gasteiger partial charge in [0.15, 0.2) is 0 Å². The van der Waals surface area contributed by atoms with Crippen LogP contribution < -0.4 is 11.1 Å². The minimum atomic E-state index is -0.236. The largest absolute Gasteiger partial charge is 0.397 e. The molecule has 1 aliphatic heterocycles. The lowest BCUT2D eigenvalue weighted by molar-refractivity contribution is 0.619. The second kappa shape index (κ2) is 5.63. The molecule has 0 radical (unpaired) electrons. The molecule has 1 saturated heterocycles. The molecule has 1 aromatic rings. The molecule has 0 spiro atoms. The van der Waals surface area contributed by atoms with Gasteiger partial charge in [-0.25, -0.2) is 4.39 Å². The van der Waals surface area contributed by atoms with Gasteiger partial charge in [0.2, 0.25) is 0 Å². The summed E-state index contributed by atoms with van der Waals surface area (Å²) in [5, 5.41) is 4.00. The summed E-state index contributed by atoms with van der Waals surface area (Å²) >= 11 is 2.02. The molecule has 0 bridgehead atoms. The molecule has 1 fully saturated rings. The van der Waals surface area contributed by atoms with Gasteiger partial charge in [-0.3, -0.25) is 0 Å². The average Bonchev–Trinajstić information content (AvgIpc) is 2.33. The third-order valence-corrected chi connectivity index (χ3v) is 4.52. The predicted molar refractivity (Wildman–Crippen MR) is 74.1 cm³/mol. The van der Waals surface area contributed by atoms with Crippen LogP contribution in [0.4, 0.5) is 15.8 Å². The van der Waals surface area contributed by atoms with E-state index in [9.17, 15) is 4.39 Å². The summed E-state index contributed by atoms with van der Waals surface area (Å²) in [6.07, 6.45) is 3.91. The van der Waals surface area contributed by atoms with Crippen LogP contribution in [0.2, 0.25) is 0 Å². The highest BCUT2D eigenvalue weighted by molar-refractivity contribution is 7.99. The van der Waals surface area contributed by atoms with Crippen LogP contribution in [0, 0.1) is 12.7 Å². The van der Waals surface area contributed by atoms with Crippen molar-refractivity contribution < 1.29 is 4.39 Å². The van der Waals surface area contributed by atoms with Crippen molar-refractivity contribution in [3.63, 3.8) is 0 Å². The zero-order valence-electron chi connectivity index (χ0n) is 10.1. The lowest BCUT2D eigenvalue weighted by atomic mass is 10.1. The summed E-state index contributed by atoms with van der Waals surface area (Å²) in [7, 11) is 0. The summed E-state index contributed by atoms with van der Waals surface area (Å²) in [5.41, 5.74) is 7.78. The molecule has 1 unspecified atom stereocenters. The summed E-state index contributed by atoms with van der Waals surface area (Å²) in [6, 6.07) is 3.18. The van der Waals surface area contributed by atoms with Gasteiger partial charge in [0, 0.05) is 11.8 Å². The second-order valence-electron chi connectivity index (χ2n) is 4.56. The molecule has 17 heavy (non-hydrogen) atoms.